The first-order valence-electron chi connectivity index (χ1n) is 11.7. The molecule has 2 aliphatic heterocycles. The molecule has 9 nitrogen and oxygen atoms in total. The summed E-state index contributed by atoms with van der Waals surface area (Å²) in [4.78, 5) is 46.8. The first-order chi connectivity index (χ1) is 17.4. The summed E-state index contributed by atoms with van der Waals surface area (Å²) in [5.41, 5.74) is 2.03. The Balaban J connectivity index is 1.22. The Labute approximate surface area is 208 Å². The lowest BCUT2D eigenvalue weighted by molar-refractivity contribution is -0.129. The summed E-state index contributed by atoms with van der Waals surface area (Å²) in [7, 11) is 3.33. The Kier molecular flexibility index (Phi) is 6.28. The van der Waals surface area contributed by atoms with Crippen molar-refractivity contribution in [1.29, 1.82) is 0 Å². The molecule has 184 valence electrons. The Morgan fingerprint density at radius 2 is 1.83 bits per heavy atom. The molecule has 0 aliphatic carbocycles. The van der Waals surface area contributed by atoms with Gasteiger partial charge >= 0.3 is 0 Å². The monoisotopic (exact) mass is 486 g/mol. The van der Waals surface area contributed by atoms with E-state index in [0.29, 0.717) is 48.1 Å². The average Bonchev–Trinajstić information content (AvgIpc) is 3.39. The van der Waals surface area contributed by atoms with Crippen molar-refractivity contribution in [3.8, 4) is 17.4 Å². The number of nitrogens with zero attached hydrogens (tertiary/aromatic N) is 4. The molecular formula is C27H26N4O5. The van der Waals surface area contributed by atoms with Gasteiger partial charge in [-0.15, -0.1) is 0 Å². The van der Waals surface area contributed by atoms with Crippen LogP contribution in [-0.4, -0.2) is 65.8 Å². The predicted octanol–water partition coefficient (Wildman–Crippen LogP) is 3.10. The summed E-state index contributed by atoms with van der Waals surface area (Å²) >= 11 is 0. The van der Waals surface area contributed by atoms with Crippen molar-refractivity contribution < 1.29 is 23.9 Å². The van der Waals surface area contributed by atoms with E-state index in [1.165, 1.54) is 9.80 Å². The van der Waals surface area contributed by atoms with Crippen molar-refractivity contribution in [2.24, 2.45) is 0 Å². The molecule has 0 saturated carbocycles. The summed E-state index contributed by atoms with van der Waals surface area (Å²) in [6.07, 6.45) is 1.56. The van der Waals surface area contributed by atoms with Crippen LogP contribution in [-0.2, 0) is 16.1 Å². The zero-order chi connectivity index (χ0) is 25.2. The van der Waals surface area contributed by atoms with Crippen LogP contribution in [0.2, 0.25) is 0 Å². The lowest BCUT2D eigenvalue weighted by Gasteiger charge is -2.18. The van der Waals surface area contributed by atoms with Crippen LogP contribution in [0.3, 0.4) is 0 Å². The molecule has 2 aromatic carbocycles. The highest BCUT2D eigenvalue weighted by molar-refractivity contribution is 6.03. The van der Waals surface area contributed by atoms with Crippen molar-refractivity contribution in [3.05, 3.63) is 78.0 Å². The highest BCUT2D eigenvalue weighted by Crippen LogP contribution is 2.31. The maximum Gasteiger partial charge on any atom is 0.268 e. The molecule has 1 fully saturated rings. The third kappa shape index (κ3) is 4.72. The maximum atomic E-state index is 13.1. The van der Waals surface area contributed by atoms with Gasteiger partial charge in [0.1, 0.15) is 18.0 Å². The molecule has 5 rings (SSSR count). The zero-order valence-corrected chi connectivity index (χ0v) is 20.1. The molecule has 0 radical (unpaired) electrons. The molecule has 0 bridgehead atoms. The number of hydrogen-bond acceptors (Lipinski definition) is 6. The number of rotatable bonds is 7. The SMILES string of the molecule is CN(C)C(=O)CN1Cc2ccc(N3CCC(Oc4ccc(Oc5ccccn5)cc4)C3=O)cc2C1=O. The molecule has 1 unspecified atom stereocenters. The highest BCUT2D eigenvalue weighted by Gasteiger charge is 2.36. The second-order valence-corrected chi connectivity index (χ2v) is 8.92. The van der Waals surface area contributed by atoms with Gasteiger partial charge in [0.15, 0.2) is 6.10 Å². The predicted molar refractivity (Wildman–Crippen MR) is 132 cm³/mol. The number of pyridine rings is 1. The number of aromatic nitrogens is 1. The minimum absolute atomic E-state index is 0.0279. The van der Waals surface area contributed by atoms with Crippen molar-refractivity contribution in [2.45, 2.75) is 19.1 Å². The number of ether oxygens (including phenoxy) is 2. The van der Waals surface area contributed by atoms with E-state index in [9.17, 15) is 14.4 Å². The Morgan fingerprint density at radius 1 is 1.06 bits per heavy atom. The Hall–Kier alpha value is -4.40. The topological polar surface area (TPSA) is 92.3 Å². The average molecular weight is 487 g/mol. The standard InChI is InChI=1S/C27H26N4O5/c1-29(2)25(32)17-30-16-18-6-7-19(15-22(18)26(30)33)31-14-12-23(27(31)34)35-20-8-10-21(11-9-20)36-24-5-3-4-13-28-24/h3-11,13,15,23H,12,14,16-17H2,1-2H3. The molecule has 9 heteroatoms. The largest absolute Gasteiger partial charge is 0.481 e. The van der Waals surface area contributed by atoms with E-state index >= 15 is 0 Å². The Morgan fingerprint density at radius 3 is 2.56 bits per heavy atom. The van der Waals surface area contributed by atoms with E-state index in [4.69, 9.17) is 9.47 Å². The van der Waals surface area contributed by atoms with E-state index in [-0.39, 0.29) is 24.3 Å². The number of hydrogen-bond donors (Lipinski definition) is 0. The molecule has 36 heavy (non-hydrogen) atoms. The quantitative estimate of drug-likeness (QED) is 0.510. The van der Waals surface area contributed by atoms with E-state index in [1.54, 1.807) is 61.6 Å². The van der Waals surface area contributed by atoms with Crippen LogP contribution in [0.15, 0.2) is 66.9 Å². The van der Waals surface area contributed by atoms with Gasteiger partial charge in [-0.1, -0.05) is 12.1 Å². The number of fused-ring (bicyclic) bond motifs is 1. The van der Waals surface area contributed by atoms with E-state index < -0.39 is 6.10 Å². The molecule has 3 heterocycles. The summed E-state index contributed by atoms with van der Waals surface area (Å²) in [5, 5.41) is 0. The van der Waals surface area contributed by atoms with Crippen molar-refractivity contribution >= 4 is 23.4 Å². The number of amides is 3. The van der Waals surface area contributed by atoms with Crippen molar-refractivity contribution in [1.82, 2.24) is 14.8 Å². The van der Waals surface area contributed by atoms with Crippen LogP contribution in [0.1, 0.15) is 22.3 Å². The molecule has 1 saturated heterocycles. The number of likely N-dealkylation sites (N-methyl/N-ethyl adjacent to an activating group) is 1. The molecular weight excluding hydrogens is 460 g/mol. The van der Waals surface area contributed by atoms with Gasteiger partial charge in [-0.25, -0.2) is 4.98 Å². The van der Waals surface area contributed by atoms with Gasteiger partial charge in [-0.05, 0) is 48.0 Å². The molecule has 3 aromatic rings. The first-order valence-corrected chi connectivity index (χ1v) is 11.7. The molecule has 1 atom stereocenters. The van der Waals surface area contributed by atoms with Crippen LogP contribution >= 0.6 is 0 Å². The van der Waals surface area contributed by atoms with Crippen LogP contribution in [0.5, 0.6) is 17.4 Å². The van der Waals surface area contributed by atoms with Crippen LogP contribution in [0.4, 0.5) is 5.69 Å². The summed E-state index contributed by atoms with van der Waals surface area (Å²) in [5.74, 6) is 1.18. The summed E-state index contributed by atoms with van der Waals surface area (Å²) in [6.45, 7) is 0.897. The highest BCUT2D eigenvalue weighted by atomic mass is 16.5. The fourth-order valence-electron chi connectivity index (χ4n) is 4.25. The lowest BCUT2D eigenvalue weighted by atomic mass is 10.1. The fraction of sp³-hybridized carbons (Fsp3) is 0.259. The number of anilines is 1. The van der Waals surface area contributed by atoms with E-state index in [0.717, 1.165) is 5.56 Å². The molecule has 3 amide bonds. The third-order valence-corrected chi connectivity index (χ3v) is 6.23. The minimum atomic E-state index is -0.620. The second-order valence-electron chi connectivity index (χ2n) is 8.92. The van der Waals surface area contributed by atoms with Gasteiger partial charge in [-0.2, -0.15) is 0 Å². The summed E-state index contributed by atoms with van der Waals surface area (Å²) in [6, 6.07) is 17.9. The van der Waals surface area contributed by atoms with Gasteiger partial charge < -0.3 is 24.2 Å². The van der Waals surface area contributed by atoms with Gasteiger partial charge in [0.05, 0.1) is 0 Å². The molecule has 1 aromatic heterocycles. The number of carbonyl (C=O) groups excluding carboxylic acids is 3. The van der Waals surface area contributed by atoms with Gasteiger partial charge in [0, 0.05) is 57.1 Å². The third-order valence-electron chi connectivity index (χ3n) is 6.23. The van der Waals surface area contributed by atoms with Gasteiger partial charge in [0.2, 0.25) is 11.8 Å². The smallest absolute Gasteiger partial charge is 0.268 e. The molecule has 0 spiro atoms. The van der Waals surface area contributed by atoms with Gasteiger partial charge in [0.25, 0.3) is 11.8 Å². The first kappa shape index (κ1) is 23.3. The van der Waals surface area contributed by atoms with Crippen molar-refractivity contribution in [3.63, 3.8) is 0 Å². The van der Waals surface area contributed by atoms with E-state index in [1.807, 2.05) is 24.3 Å². The van der Waals surface area contributed by atoms with Gasteiger partial charge in [-0.3, -0.25) is 14.4 Å². The van der Waals surface area contributed by atoms with Crippen LogP contribution in [0, 0.1) is 0 Å². The fourth-order valence-corrected chi connectivity index (χ4v) is 4.25. The summed E-state index contributed by atoms with van der Waals surface area (Å²) < 4.78 is 11.7. The van der Waals surface area contributed by atoms with Crippen LogP contribution < -0.4 is 14.4 Å². The molecule has 2 aliphatic rings. The minimum Gasteiger partial charge on any atom is -0.481 e. The number of benzene rings is 2. The normalized spacial score (nSPS) is 16.8. The van der Waals surface area contributed by atoms with E-state index in [2.05, 4.69) is 4.98 Å². The van der Waals surface area contributed by atoms with Crippen LogP contribution in [0.25, 0.3) is 0 Å². The number of carbonyl (C=O) groups is 3. The maximum absolute atomic E-state index is 13.1. The zero-order valence-electron chi connectivity index (χ0n) is 20.1. The van der Waals surface area contributed by atoms with Crippen molar-refractivity contribution in [2.75, 3.05) is 32.1 Å². The molecule has 0 N–H and O–H groups in total. The lowest BCUT2D eigenvalue weighted by Crippen LogP contribution is -2.36. The second kappa shape index (κ2) is 9.69. The Bertz CT molecular complexity index is 1290.